The number of carbonyl (C=O) groups excluding carboxylic acids is 1. The topological polar surface area (TPSA) is 125 Å². The van der Waals surface area contributed by atoms with Crippen LogP contribution in [-0.4, -0.2) is 52.0 Å². The Morgan fingerprint density at radius 1 is 1.22 bits per heavy atom. The van der Waals surface area contributed by atoms with Crippen molar-refractivity contribution in [2.45, 2.75) is 13.8 Å². The number of anilines is 3. The molecule has 1 saturated heterocycles. The van der Waals surface area contributed by atoms with Crippen molar-refractivity contribution in [1.29, 1.82) is 0 Å². The molecule has 140 valence electrons. The number of aryl methyl sites for hydroxylation is 2. The molecule has 0 aromatic carbocycles. The number of fused-ring (bicyclic) bond motifs is 1. The summed E-state index contributed by atoms with van der Waals surface area (Å²) in [7, 11) is 0. The van der Waals surface area contributed by atoms with Crippen LogP contribution < -0.4 is 21.3 Å². The number of amides is 1. The van der Waals surface area contributed by atoms with Gasteiger partial charge < -0.3 is 26.3 Å². The van der Waals surface area contributed by atoms with Crippen molar-refractivity contribution in [3.63, 3.8) is 0 Å². The molecule has 3 aromatic rings. The number of H-pyrrole nitrogens is 1. The van der Waals surface area contributed by atoms with Crippen molar-refractivity contribution in [2.24, 2.45) is 5.73 Å². The summed E-state index contributed by atoms with van der Waals surface area (Å²) < 4.78 is 0. The number of nitrogens with one attached hydrogen (secondary N) is 3. The maximum absolute atomic E-state index is 11.6. The first-order chi connectivity index (χ1) is 13.0. The molecule has 1 aliphatic heterocycles. The molecule has 1 amide bonds. The number of carbonyl (C=O) groups is 1. The van der Waals surface area contributed by atoms with Gasteiger partial charge in [0, 0.05) is 31.6 Å². The molecule has 4 rings (SSSR count). The highest BCUT2D eigenvalue weighted by Gasteiger charge is 2.17. The third-order valence-corrected chi connectivity index (χ3v) is 4.80. The maximum atomic E-state index is 11.6. The second kappa shape index (κ2) is 6.84. The van der Waals surface area contributed by atoms with Gasteiger partial charge in [-0.05, 0) is 31.5 Å². The molecule has 9 nitrogen and oxygen atoms in total. The summed E-state index contributed by atoms with van der Waals surface area (Å²) in [6.07, 6.45) is 1.85. The average Bonchev–Trinajstić information content (AvgIpc) is 3.00. The van der Waals surface area contributed by atoms with Crippen LogP contribution in [0.3, 0.4) is 0 Å². The van der Waals surface area contributed by atoms with E-state index in [0.29, 0.717) is 23.1 Å². The van der Waals surface area contributed by atoms with Crippen LogP contribution >= 0.6 is 0 Å². The van der Waals surface area contributed by atoms with Crippen LogP contribution in [0.4, 0.5) is 17.5 Å². The summed E-state index contributed by atoms with van der Waals surface area (Å²) in [5.74, 6) is 0.565. The molecule has 0 bridgehead atoms. The highest BCUT2D eigenvalue weighted by molar-refractivity contribution is 5.99. The minimum Gasteiger partial charge on any atom is -0.368 e. The minimum atomic E-state index is -0.510. The van der Waals surface area contributed by atoms with E-state index in [9.17, 15) is 4.79 Å². The SMILES string of the molecule is Cc1nc(Nc2ccc(N3CCNCC3)cn2)nc2[nH]c(C(N)=O)c(C)c12. The maximum Gasteiger partial charge on any atom is 0.265 e. The van der Waals surface area contributed by atoms with Crippen LogP contribution in [-0.2, 0) is 0 Å². The molecule has 4 heterocycles. The predicted octanol–water partition coefficient (Wildman–Crippen LogP) is 1.22. The van der Waals surface area contributed by atoms with Gasteiger partial charge in [0.1, 0.15) is 17.2 Å². The molecular weight excluding hydrogens is 344 g/mol. The van der Waals surface area contributed by atoms with Gasteiger partial charge in [-0.1, -0.05) is 0 Å². The number of nitrogens with two attached hydrogens (primary N) is 1. The molecule has 0 radical (unpaired) electrons. The van der Waals surface area contributed by atoms with Crippen molar-refractivity contribution in [3.8, 4) is 0 Å². The second-order valence-electron chi connectivity index (χ2n) is 6.61. The van der Waals surface area contributed by atoms with Gasteiger partial charge in [-0.15, -0.1) is 0 Å². The molecule has 0 aliphatic carbocycles. The first-order valence-corrected chi connectivity index (χ1v) is 8.88. The van der Waals surface area contributed by atoms with Crippen molar-refractivity contribution in [2.75, 3.05) is 36.4 Å². The van der Waals surface area contributed by atoms with E-state index >= 15 is 0 Å². The van der Waals surface area contributed by atoms with Crippen molar-refractivity contribution >= 4 is 34.4 Å². The van der Waals surface area contributed by atoms with Gasteiger partial charge in [-0.2, -0.15) is 4.98 Å². The Labute approximate surface area is 156 Å². The number of hydrogen-bond donors (Lipinski definition) is 4. The molecule has 0 atom stereocenters. The standard InChI is InChI=1S/C18H22N8O/c1-10-14-11(2)22-18(25-17(14)24-15(10)16(19)27)23-13-4-3-12(9-21-13)26-7-5-20-6-8-26/h3-4,9,20H,5-8H2,1-2H3,(H2,19,27)(H2,21,22,23,24,25). The van der Waals surface area contributed by atoms with Gasteiger partial charge in [0.2, 0.25) is 5.95 Å². The Morgan fingerprint density at radius 2 is 2.00 bits per heavy atom. The molecule has 1 fully saturated rings. The first-order valence-electron chi connectivity index (χ1n) is 8.88. The minimum absolute atomic E-state index is 0.359. The van der Waals surface area contributed by atoms with Crippen LogP contribution in [0.25, 0.3) is 11.0 Å². The molecule has 0 unspecified atom stereocenters. The van der Waals surface area contributed by atoms with Gasteiger partial charge in [-0.3, -0.25) is 4.79 Å². The Morgan fingerprint density at radius 3 is 2.67 bits per heavy atom. The average molecular weight is 366 g/mol. The summed E-state index contributed by atoms with van der Waals surface area (Å²) in [5, 5.41) is 7.28. The van der Waals surface area contributed by atoms with Crippen LogP contribution in [0.2, 0.25) is 0 Å². The highest BCUT2D eigenvalue weighted by atomic mass is 16.1. The van der Waals surface area contributed by atoms with Crippen LogP contribution in [0.5, 0.6) is 0 Å². The fourth-order valence-corrected chi connectivity index (χ4v) is 3.44. The molecule has 3 aromatic heterocycles. The van der Waals surface area contributed by atoms with E-state index in [2.05, 4.69) is 35.5 Å². The van der Waals surface area contributed by atoms with E-state index in [0.717, 1.165) is 48.5 Å². The monoisotopic (exact) mass is 366 g/mol. The lowest BCUT2D eigenvalue weighted by Gasteiger charge is -2.29. The fourth-order valence-electron chi connectivity index (χ4n) is 3.44. The van der Waals surface area contributed by atoms with Crippen LogP contribution in [0, 0.1) is 13.8 Å². The van der Waals surface area contributed by atoms with Gasteiger partial charge >= 0.3 is 0 Å². The molecule has 0 spiro atoms. The number of hydrogen-bond acceptors (Lipinski definition) is 7. The lowest BCUT2D eigenvalue weighted by molar-refractivity contribution is 0.0996. The Kier molecular flexibility index (Phi) is 4.36. The molecule has 5 N–H and O–H groups in total. The smallest absolute Gasteiger partial charge is 0.265 e. The van der Waals surface area contributed by atoms with E-state index in [1.165, 1.54) is 0 Å². The van der Waals surface area contributed by atoms with Gasteiger partial charge in [-0.25, -0.2) is 9.97 Å². The number of rotatable bonds is 4. The number of aromatic nitrogens is 4. The van der Waals surface area contributed by atoms with Crippen molar-refractivity contribution in [3.05, 3.63) is 35.3 Å². The molecule has 1 aliphatic rings. The Balaban J connectivity index is 1.58. The van der Waals surface area contributed by atoms with Gasteiger partial charge in [0.25, 0.3) is 5.91 Å². The zero-order valence-corrected chi connectivity index (χ0v) is 15.3. The van der Waals surface area contributed by atoms with E-state index in [4.69, 9.17) is 5.73 Å². The van der Waals surface area contributed by atoms with Gasteiger partial charge in [0.15, 0.2) is 0 Å². The number of primary amides is 1. The van der Waals surface area contributed by atoms with E-state index in [1.54, 1.807) is 0 Å². The van der Waals surface area contributed by atoms with Crippen molar-refractivity contribution in [1.82, 2.24) is 25.3 Å². The van der Waals surface area contributed by atoms with Crippen LogP contribution in [0.1, 0.15) is 21.7 Å². The third kappa shape index (κ3) is 3.28. The fraction of sp³-hybridized carbons (Fsp3) is 0.333. The number of pyridine rings is 1. The van der Waals surface area contributed by atoms with Gasteiger partial charge in [0.05, 0.1) is 17.6 Å². The van der Waals surface area contributed by atoms with Crippen molar-refractivity contribution < 1.29 is 4.79 Å². The molecule has 27 heavy (non-hydrogen) atoms. The third-order valence-electron chi connectivity index (χ3n) is 4.80. The molecular formula is C18H22N8O. The quantitative estimate of drug-likeness (QED) is 0.547. The first kappa shape index (κ1) is 17.2. The summed E-state index contributed by atoms with van der Waals surface area (Å²) in [6, 6.07) is 3.95. The lowest BCUT2D eigenvalue weighted by atomic mass is 10.1. The summed E-state index contributed by atoms with van der Waals surface area (Å²) in [6.45, 7) is 7.62. The largest absolute Gasteiger partial charge is 0.368 e. The van der Waals surface area contributed by atoms with E-state index < -0.39 is 5.91 Å². The van der Waals surface area contributed by atoms with E-state index in [1.807, 2.05) is 32.2 Å². The Bertz CT molecular complexity index is 989. The zero-order valence-electron chi connectivity index (χ0n) is 15.3. The summed E-state index contributed by atoms with van der Waals surface area (Å²) >= 11 is 0. The van der Waals surface area contributed by atoms with Crippen LogP contribution in [0.15, 0.2) is 18.3 Å². The summed E-state index contributed by atoms with van der Waals surface area (Å²) in [4.78, 5) is 30.3. The predicted molar refractivity (Wildman–Crippen MR) is 104 cm³/mol. The molecule has 9 heteroatoms. The number of aromatic amines is 1. The zero-order chi connectivity index (χ0) is 19.0. The summed E-state index contributed by atoms with van der Waals surface area (Å²) in [5.41, 5.74) is 8.98. The van der Waals surface area contributed by atoms with E-state index in [-0.39, 0.29) is 0 Å². The normalized spacial score (nSPS) is 14.5. The molecule has 0 saturated carbocycles. The second-order valence-corrected chi connectivity index (χ2v) is 6.61. The Hall–Kier alpha value is -3.20. The lowest BCUT2D eigenvalue weighted by Crippen LogP contribution is -2.43. The number of nitrogens with zero attached hydrogens (tertiary/aromatic N) is 4. The number of piperazine rings is 1. The highest BCUT2D eigenvalue weighted by Crippen LogP contribution is 2.25.